The number of esters is 1. The number of thiazole rings is 1. The van der Waals surface area contributed by atoms with E-state index in [0.717, 1.165) is 27.8 Å². The Bertz CT molecular complexity index is 1320. The number of ether oxygens (including phenoxy) is 1. The van der Waals surface area contributed by atoms with Crippen LogP contribution in [0.25, 0.3) is 10.2 Å². The van der Waals surface area contributed by atoms with Gasteiger partial charge in [-0.1, -0.05) is 59.9 Å². The molecule has 0 aliphatic carbocycles. The molecule has 4 aromatic rings. The van der Waals surface area contributed by atoms with Crippen LogP contribution in [-0.4, -0.2) is 23.1 Å². The van der Waals surface area contributed by atoms with Gasteiger partial charge in [-0.25, -0.2) is 0 Å². The quantitative estimate of drug-likeness (QED) is 0.397. The molecule has 4 rings (SSSR count). The highest BCUT2D eigenvalue weighted by Gasteiger charge is 2.13. The second-order valence-electron chi connectivity index (χ2n) is 7.52. The highest BCUT2D eigenvalue weighted by Crippen LogP contribution is 2.19. The molecule has 1 amide bonds. The molecular weight excluding hydrogens is 420 g/mol. The second-order valence-corrected chi connectivity index (χ2v) is 8.53. The molecule has 5 nitrogen and oxygen atoms in total. The van der Waals surface area contributed by atoms with Crippen LogP contribution in [0.3, 0.4) is 0 Å². The fourth-order valence-electron chi connectivity index (χ4n) is 3.50. The highest BCUT2D eigenvalue weighted by molar-refractivity contribution is 7.16. The number of aryl methyl sites for hydroxylation is 1. The van der Waals surface area contributed by atoms with Crippen molar-refractivity contribution in [2.45, 2.75) is 26.8 Å². The van der Waals surface area contributed by atoms with Gasteiger partial charge in [-0.3, -0.25) is 9.59 Å². The van der Waals surface area contributed by atoms with Crippen LogP contribution in [0.1, 0.15) is 34.0 Å². The van der Waals surface area contributed by atoms with Crippen molar-refractivity contribution in [3.8, 4) is 0 Å². The third kappa shape index (κ3) is 5.03. The number of carbonyl (C=O) groups excluding carboxylic acids is 2. The first-order chi connectivity index (χ1) is 15.5. The van der Waals surface area contributed by atoms with Gasteiger partial charge in [-0.05, 0) is 61.2 Å². The van der Waals surface area contributed by atoms with Gasteiger partial charge in [0, 0.05) is 5.56 Å². The molecule has 1 heterocycles. The molecule has 0 aliphatic rings. The summed E-state index contributed by atoms with van der Waals surface area (Å²) >= 11 is 1.39. The Labute approximate surface area is 190 Å². The Morgan fingerprint density at radius 2 is 1.69 bits per heavy atom. The minimum absolute atomic E-state index is 0.0129. The fraction of sp³-hybridized carbons (Fsp3) is 0.192. The second kappa shape index (κ2) is 9.75. The van der Waals surface area contributed by atoms with E-state index in [0.29, 0.717) is 17.0 Å². The standard InChI is InChI=1S/C26H24N2O3S/c1-3-31-24(29)17-28-22-14-9-18(2)15-23(22)32-26(28)27-25(30)21-12-10-20(11-13-21)16-19-7-5-4-6-8-19/h4-15H,3,16-17H2,1-2H3. The van der Waals surface area contributed by atoms with Crippen LogP contribution in [0.5, 0.6) is 0 Å². The van der Waals surface area contributed by atoms with Crippen molar-refractivity contribution in [1.82, 2.24) is 4.57 Å². The lowest BCUT2D eigenvalue weighted by molar-refractivity contribution is -0.143. The molecule has 3 aromatic carbocycles. The predicted molar refractivity (Wildman–Crippen MR) is 127 cm³/mol. The van der Waals surface area contributed by atoms with Crippen molar-refractivity contribution in [2.24, 2.45) is 4.99 Å². The van der Waals surface area contributed by atoms with Crippen molar-refractivity contribution in [2.75, 3.05) is 6.61 Å². The van der Waals surface area contributed by atoms with Gasteiger partial charge in [0.15, 0.2) is 4.80 Å². The van der Waals surface area contributed by atoms with E-state index in [2.05, 4.69) is 17.1 Å². The van der Waals surface area contributed by atoms with Crippen molar-refractivity contribution < 1.29 is 14.3 Å². The molecule has 0 atom stereocenters. The Morgan fingerprint density at radius 3 is 2.41 bits per heavy atom. The molecular formula is C26H24N2O3S. The van der Waals surface area contributed by atoms with Crippen molar-refractivity contribution in [3.05, 3.63) is 99.9 Å². The fourth-order valence-corrected chi connectivity index (χ4v) is 4.63. The Balaban J connectivity index is 1.64. The van der Waals surface area contributed by atoms with E-state index in [9.17, 15) is 9.59 Å². The van der Waals surface area contributed by atoms with E-state index in [1.54, 1.807) is 23.6 Å². The molecule has 0 saturated heterocycles. The molecule has 0 unspecified atom stereocenters. The SMILES string of the molecule is CCOC(=O)Cn1c(=NC(=O)c2ccc(Cc3ccccc3)cc2)sc2cc(C)ccc21. The maximum absolute atomic E-state index is 12.9. The average molecular weight is 445 g/mol. The monoisotopic (exact) mass is 444 g/mol. The van der Waals surface area contributed by atoms with Gasteiger partial charge in [-0.2, -0.15) is 4.99 Å². The van der Waals surface area contributed by atoms with Crippen LogP contribution >= 0.6 is 11.3 Å². The van der Waals surface area contributed by atoms with Gasteiger partial charge in [-0.15, -0.1) is 0 Å². The predicted octanol–water partition coefficient (Wildman–Crippen LogP) is 4.91. The summed E-state index contributed by atoms with van der Waals surface area (Å²) in [5.41, 5.74) is 4.82. The number of hydrogen-bond donors (Lipinski definition) is 0. The summed E-state index contributed by atoms with van der Waals surface area (Å²) in [6.07, 6.45) is 0.807. The van der Waals surface area contributed by atoms with Crippen molar-refractivity contribution in [1.29, 1.82) is 0 Å². The highest BCUT2D eigenvalue weighted by atomic mass is 32.1. The molecule has 0 N–H and O–H groups in total. The molecule has 6 heteroatoms. The van der Waals surface area contributed by atoms with Gasteiger partial charge in [0.2, 0.25) is 0 Å². The number of carbonyl (C=O) groups is 2. The van der Waals surface area contributed by atoms with Gasteiger partial charge < -0.3 is 9.30 Å². The molecule has 0 spiro atoms. The lowest BCUT2D eigenvalue weighted by Gasteiger charge is -2.05. The number of fused-ring (bicyclic) bond motifs is 1. The summed E-state index contributed by atoms with van der Waals surface area (Å²) in [4.78, 5) is 29.9. The number of hydrogen-bond acceptors (Lipinski definition) is 4. The van der Waals surface area contributed by atoms with E-state index < -0.39 is 0 Å². The lowest BCUT2D eigenvalue weighted by Crippen LogP contribution is -2.23. The molecule has 0 radical (unpaired) electrons. The first-order valence-corrected chi connectivity index (χ1v) is 11.3. The van der Waals surface area contributed by atoms with E-state index in [-0.39, 0.29) is 18.4 Å². The van der Waals surface area contributed by atoms with Gasteiger partial charge >= 0.3 is 5.97 Å². The summed E-state index contributed by atoms with van der Waals surface area (Å²) in [7, 11) is 0. The van der Waals surface area contributed by atoms with E-state index in [1.165, 1.54) is 16.9 Å². The van der Waals surface area contributed by atoms with E-state index in [4.69, 9.17) is 4.74 Å². The molecule has 0 aliphatic heterocycles. The summed E-state index contributed by atoms with van der Waals surface area (Å²) in [6, 6.07) is 23.7. The summed E-state index contributed by atoms with van der Waals surface area (Å²) in [5.74, 6) is -0.691. The van der Waals surface area contributed by atoms with Crippen LogP contribution in [0.2, 0.25) is 0 Å². The number of aromatic nitrogens is 1. The minimum atomic E-state index is -0.355. The zero-order valence-corrected chi connectivity index (χ0v) is 18.9. The third-order valence-electron chi connectivity index (χ3n) is 5.08. The van der Waals surface area contributed by atoms with Crippen LogP contribution in [0, 0.1) is 6.92 Å². The van der Waals surface area contributed by atoms with E-state index in [1.807, 2.05) is 55.5 Å². The minimum Gasteiger partial charge on any atom is -0.465 e. The van der Waals surface area contributed by atoms with Crippen LogP contribution in [-0.2, 0) is 22.5 Å². The molecule has 1 aromatic heterocycles. The van der Waals surface area contributed by atoms with Crippen LogP contribution in [0.15, 0.2) is 77.8 Å². The van der Waals surface area contributed by atoms with Crippen LogP contribution in [0.4, 0.5) is 0 Å². The summed E-state index contributed by atoms with van der Waals surface area (Å²) in [6.45, 7) is 4.10. The number of amides is 1. The Hall–Kier alpha value is -3.51. The Kier molecular flexibility index (Phi) is 6.61. The first kappa shape index (κ1) is 21.7. The van der Waals surface area contributed by atoms with E-state index >= 15 is 0 Å². The first-order valence-electron chi connectivity index (χ1n) is 10.5. The van der Waals surface area contributed by atoms with Crippen molar-refractivity contribution in [3.63, 3.8) is 0 Å². The lowest BCUT2D eigenvalue weighted by atomic mass is 10.0. The van der Waals surface area contributed by atoms with Crippen molar-refractivity contribution >= 4 is 33.4 Å². The van der Waals surface area contributed by atoms with Crippen LogP contribution < -0.4 is 4.80 Å². The zero-order chi connectivity index (χ0) is 22.5. The smallest absolute Gasteiger partial charge is 0.326 e. The number of benzene rings is 3. The maximum Gasteiger partial charge on any atom is 0.326 e. The van der Waals surface area contributed by atoms with Gasteiger partial charge in [0.05, 0.1) is 16.8 Å². The largest absolute Gasteiger partial charge is 0.465 e. The average Bonchev–Trinajstić information content (AvgIpc) is 3.10. The third-order valence-corrected chi connectivity index (χ3v) is 6.12. The topological polar surface area (TPSA) is 60.7 Å². The zero-order valence-electron chi connectivity index (χ0n) is 18.1. The van der Waals surface area contributed by atoms with Gasteiger partial charge in [0.1, 0.15) is 6.54 Å². The summed E-state index contributed by atoms with van der Waals surface area (Å²) in [5, 5.41) is 0. The molecule has 32 heavy (non-hydrogen) atoms. The summed E-state index contributed by atoms with van der Waals surface area (Å²) < 4.78 is 7.83. The molecule has 0 fully saturated rings. The van der Waals surface area contributed by atoms with Gasteiger partial charge in [0.25, 0.3) is 5.91 Å². The Morgan fingerprint density at radius 1 is 0.969 bits per heavy atom. The molecule has 0 bridgehead atoms. The number of rotatable bonds is 6. The molecule has 162 valence electrons. The maximum atomic E-state index is 12.9. The molecule has 0 saturated carbocycles. The number of nitrogens with zero attached hydrogens (tertiary/aromatic N) is 2. The normalized spacial score (nSPS) is 11.6.